The van der Waals surface area contributed by atoms with Gasteiger partial charge in [0.25, 0.3) is 0 Å². The summed E-state index contributed by atoms with van der Waals surface area (Å²) in [5, 5.41) is 22.1. The van der Waals surface area contributed by atoms with Crippen LogP contribution in [-0.2, 0) is 27.6 Å². The summed E-state index contributed by atoms with van der Waals surface area (Å²) >= 11 is 0. The third-order valence-corrected chi connectivity index (χ3v) is 7.69. The predicted molar refractivity (Wildman–Crippen MR) is 117 cm³/mol. The second-order valence-electron chi connectivity index (χ2n) is 7.01. The van der Waals surface area contributed by atoms with Crippen LogP contribution in [0.4, 0.5) is 10.1 Å². The SMILES string of the molecule is CS(=O)N(c1c2cccnc2c(O)c2c(O)n(Cc3ccc(F)cc3)cc12)S(C)(=O)=O. The number of anilines is 1. The van der Waals surface area contributed by atoms with Gasteiger partial charge in [-0.05, 0) is 29.8 Å². The summed E-state index contributed by atoms with van der Waals surface area (Å²) in [6.07, 6.45) is 5.01. The van der Waals surface area contributed by atoms with Crippen LogP contribution >= 0.6 is 0 Å². The van der Waals surface area contributed by atoms with Crippen molar-refractivity contribution in [3.05, 3.63) is 60.2 Å². The number of rotatable bonds is 5. The predicted octanol–water partition coefficient (Wildman–Crippen LogP) is 2.85. The molecule has 8 nitrogen and oxygen atoms in total. The molecule has 0 spiro atoms. The minimum Gasteiger partial charge on any atom is -0.505 e. The van der Waals surface area contributed by atoms with Crippen LogP contribution in [0, 0.1) is 5.82 Å². The first-order valence-corrected chi connectivity index (χ1v) is 12.4. The lowest BCUT2D eigenvalue weighted by molar-refractivity contribution is 0.425. The molecule has 2 aromatic heterocycles. The number of phenols is 1. The molecule has 0 fully saturated rings. The van der Waals surface area contributed by atoms with E-state index < -0.39 is 26.8 Å². The van der Waals surface area contributed by atoms with E-state index in [-0.39, 0.29) is 45.5 Å². The molecule has 0 aliphatic heterocycles. The highest BCUT2D eigenvalue weighted by Crippen LogP contribution is 2.47. The normalized spacial score (nSPS) is 13.0. The number of pyridine rings is 1. The number of sulfonamides is 1. The molecule has 2 N–H and O–H groups in total. The van der Waals surface area contributed by atoms with E-state index in [0.717, 1.165) is 9.97 Å². The third kappa shape index (κ3) is 3.59. The van der Waals surface area contributed by atoms with Gasteiger partial charge in [0, 0.05) is 29.4 Å². The number of fused-ring (bicyclic) bond motifs is 2. The molecule has 0 amide bonds. The van der Waals surface area contributed by atoms with Gasteiger partial charge >= 0.3 is 0 Å². The number of aromatic hydroxyl groups is 2. The van der Waals surface area contributed by atoms with Crippen molar-refractivity contribution in [2.24, 2.45) is 0 Å². The summed E-state index contributed by atoms with van der Waals surface area (Å²) in [4.78, 5) is 4.13. The Bertz CT molecular complexity index is 1450. The van der Waals surface area contributed by atoms with E-state index >= 15 is 0 Å². The third-order valence-electron chi connectivity index (χ3n) is 4.81. The highest BCUT2D eigenvalue weighted by atomic mass is 32.3. The van der Waals surface area contributed by atoms with Crippen molar-refractivity contribution >= 4 is 48.4 Å². The van der Waals surface area contributed by atoms with Gasteiger partial charge in [-0.1, -0.05) is 12.1 Å². The van der Waals surface area contributed by atoms with Crippen LogP contribution in [0.2, 0.25) is 0 Å². The van der Waals surface area contributed by atoms with Crippen molar-refractivity contribution in [2.45, 2.75) is 6.54 Å². The summed E-state index contributed by atoms with van der Waals surface area (Å²) in [7, 11) is -5.97. The van der Waals surface area contributed by atoms with Gasteiger partial charge < -0.3 is 14.8 Å². The zero-order valence-electron chi connectivity index (χ0n) is 16.5. The molecule has 31 heavy (non-hydrogen) atoms. The average molecular weight is 464 g/mol. The fourth-order valence-electron chi connectivity index (χ4n) is 3.60. The van der Waals surface area contributed by atoms with Crippen LogP contribution in [0.15, 0.2) is 48.8 Å². The van der Waals surface area contributed by atoms with E-state index in [1.807, 2.05) is 0 Å². The number of nitrogens with zero attached hydrogens (tertiary/aromatic N) is 3. The van der Waals surface area contributed by atoms with Gasteiger partial charge in [0.05, 0.1) is 23.9 Å². The van der Waals surface area contributed by atoms with Gasteiger partial charge in [-0.2, -0.15) is 3.71 Å². The van der Waals surface area contributed by atoms with Gasteiger partial charge in [-0.3, -0.25) is 4.98 Å². The Hall–Kier alpha value is -3.18. The van der Waals surface area contributed by atoms with E-state index in [2.05, 4.69) is 4.98 Å². The highest BCUT2D eigenvalue weighted by molar-refractivity contribution is 8.06. The molecule has 4 rings (SSSR count). The van der Waals surface area contributed by atoms with Crippen molar-refractivity contribution in [1.29, 1.82) is 0 Å². The lowest BCUT2D eigenvalue weighted by Gasteiger charge is -2.22. The molecule has 0 radical (unpaired) electrons. The highest BCUT2D eigenvalue weighted by Gasteiger charge is 2.30. The summed E-state index contributed by atoms with van der Waals surface area (Å²) in [5.41, 5.74) is 0.756. The standard InChI is InChI=1S/C20H18FN3O5S2/c1-30(27)24(31(2,28)29)18-14-4-3-9-22-17(14)19(25)16-15(18)11-23(20(16)26)10-12-5-7-13(21)8-6-12/h3-9,11,25-26H,10H2,1-2H3. The summed E-state index contributed by atoms with van der Waals surface area (Å²) in [6.45, 7) is 0.123. The van der Waals surface area contributed by atoms with E-state index in [1.165, 1.54) is 35.3 Å². The zero-order chi connectivity index (χ0) is 22.5. The van der Waals surface area contributed by atoms with Crippen molar-refractivity contribution in [3.63, 3.8) is 0 Å². The van der Waals surface area contributed by atoms with E-state index in [4.69, 9.17) is 0 Å². The molecule has 1 unspecified atom stereocenters. The molecular formula is C20H18FN3O5S2. The number of benzene rings is 2. The molecule has 0 saturated heterocycles. The number of halogens is 1. The van der Waals surface area contributed by atoms with E-state index in [1.54, 1.807) is 24.3 Å². The number of aromatic nitrogens is 2. The molecule has 11 heteroatoms. The molecule has 1 atom stereocenters. The van der Waals surface area contributed by atoms with Crippen LogP contribution in [0.3, 0.4) is 0 Å². The van der Waals surface area contributed by atoms with Crippen molar-refractivity contribution in [2.75, 3.05) is 16.2 Å². The van der Waals surface area contributed by atoms with Crippen molar-refractivity contribution in [1.82, 2.24) is 9.55 Å². The molecule has 162 valence electrons. The Morgan fingerprint density at radius 2 is 1.84 bits per heavy atom. The molecule has 0 saturated carbocycles. The first kappa shape index (κ1) is 21.1. The maximum Gasteiger partial charge on any atom is 0.243 e. The van der Waals surface area contributed by atoms with Crippen molar-refractivity contribution < 1.29 is 27.2 Å². The minimum atomic E-state index is -3.99. The number of hydrogen-bond acceptors (Lipinski definition) is 6. The summed E-state index contributed by atoms with van der Waals surface area (Å²) in [6, 6.07) is 8.76. The van der Waals surface area contributed by atoms with Crippen LogP contribution in [-0.4, -0.2) is 44.9 Å². The van der Waals surface area contributed by atoms with Gasteiger partial charge in [0.1, 0.15) is 22.3 Å². The quantitative estimate of drug-likeness (QED) is 0.471. The number of phenolic OH excluding ortho intramolecular Hbond substituents is 1. The van der Waals surface area contributed by atoms with Crippen LogP contribution in [0.25, 0.3) is 21.7 Å². The maximum absolute atomic E-state index is 13.2. The smallest absolute Gasteiger partial charge is 0.243 e. The largest absolute Gasteiger partial charge is 0.505 e. The van der Waals surface area contributed by atoms with Crippen LogP contribution in [0.1, 0.15) is 5.56 Å². The fourth-order valence-corrected chi connectivity index (χ4v) is 6.10. The van der Waals surface area contributed by atoms with Gasteiger partial charge in [0.2, 0.25) is 15.9 Å². The van der Waals surface area contributed by atoms with Gasteiger partial charge in [-0.15, -0.1) is 0 Å². The number of hydrogen-bond donors (Lipinski definition) is 2. The monoisotopic (exact) mass is 463 g/mol. The molecular weight excluding hydrogens is 445 g/mol. The average Bonchev–Trinajstić information content (AvgIpc) is 3.02. The Morgan fingerprint density at radius 1 is 1.16 bits per heavy atom. The lowest BCUT2D eigenvalue weighted by atomic mass is 10.1. The molecule has 0 aliphatic carbocycles. The van der Waals surface area contributed by atoms with Crippen LogP contribution in [0.5, 0.6) is 11.6 Å². The Kier molecular flexibility index (Phi) is 5.10. The van der Waals surface area contributed by atoms with Crippen molar-refractivity contribution in [3.8, 4) is 11.6 Å². The second kappa shape index (κ2) is 7.50. The molecule has 0 aliphatic rings. The van der Waals surface area contributed by atoms with Gasteiger partial charge in [0.15, 0.2) is 5.75 Å². The Balaban J connectivity index is 2.08. The molecule has 2 aromatic carbocycles. The minimum absolute atomic E-state index is 0.0255. The fraction of sp³-hybridized carbons (Fsp3) is 0.150. The van der Waals surface area contributed by atoms with Crippen LogP contribution < -0.4 is 3.71 Å². The van der Waals surface area contributed by atoms with E-state index in [0.29, 0.717) is 5.56 Å². The Labute approximate surface area is 179 Å². The molecule has 2 heterocycles. The van der Waals surface area contributed by atoms with Gasteiger partial charge in [-0.25, -0.2) is 17.0 Å². The topological polar surface area (TPSA) is 113 Å². The summed E-state index contributed by atoms with van der Waals surface area (Å²) in [5.74, 6) is -1.07. The first-order valence-electron chi connectivity index (χ1n) is 8.99. The molecule has 0 bridgehead atoms. The zero-order valence-corrected chi connectivity index (χ0v) is 18.1. The van der Waals surface area contributed by atoms with E-state index in [9.17, 15) is 27.2 Å². The Morgan fingerprint density at radius 3 is 2.45 bits per heavy atom. The molecule has 4 aromatic rings. The summed E-state index contributed by atoms with van der Waals surface area (Å²) < 4.78 is 52.8. The first-order chi connectivity index (χ1) is 14.6. The second-order valence-corrected chi connectivity index (χ2v) is 10.3. The lowest BCUT2D eigenvalue weighted by Crippen LogP contribution is -2.31. The maximum atomic E-state index is 13.2.